The van der Waals surface area contributed by atoms with E-state index in [0.717, 1.165) is 29.5 Å². The van der Waals surface area contributed by atoms with E-state index in [9.17, 15) is 4.79 Å². The topological polar surface area (TPSA) is 65.2 Å². The number of rotatable bonds is 3. The predicted molar refractivity (Wildman–Crippen MR) is 85.5 cm³/mol. The third kappa shape index (κ3) is 3.29. The van der Waals surface area contributed by atoms with Crippen LogP contribution in [-0.4, -0.2) is 31.1 Å². The van der Waals surface area contributed by atoms with Crippen LogP contribution in [0.25, 0.3) is 0 Å². The summed E-state index contributed by atoms with van der Waals surface area (Å²) in [5.74, 6) is 0.380. The van der Waals surface area contributed by atoms with Gasteiger partial charge in [0.15, 0.2) is 0 Å². The fourth-order valence-corrected chi connectivity index (χ4v) is 3.38. The second kappa shape index (κ2) is 6.44. The summed E-state index contributed by atoms with van der Waals surface area (Å²) in [6, 6.07) is 8.28. The molecule has 0 radical (unpaired) electrons. The molecule has 0 aromatic heterocycles. The SMILES string of the molecule is CC(NC(=O)C1NNC2CCNCC21)c1ccc(Br)cc1. The number of halogens is 1. The van der Waals surface area contributed by atoms with Crippen LogP contribution in [0, 0.1) is 5.92 Å². The molecule has 0 bridgehead atoms. The van der Waals surface area contributed by atoms with Crippen LogP contribution < -0.4 is 21.5 Å². The Morgan fingerprint density at radius 2 is 2.10 bits per heavy atom. The van der Waals surface area contributed by atoms with Crippen LogP contribution in [0.3, 0.4) is 0 Å². The number of benzene rings is 1. The zero-order valence-electron chi connectivity index (χ0n) is 12.0. The largest absolute Gasteiger partial charge is 0.348 e. The third-order valence-electron chi connectivity index (χ3n) is 4.39. The van der Waals surface area contributed by atoms with Gasteiger partial charge in [-0.05, 0) is 37.6 Å². The van der Waals surface area contributed by atoms with Gasteiger partial charge in [-0.15, -0.1) is 0 Å². The van der Waals surface area contributed by atoms with Gasteiger partial charge in [0.25, 0.3) is 0 Å². The summed E-state index contributed by atoms with van der Waals surface area (Å²) in [5.41, 5.74) is 7.52. The molecular weight excluding hydrogens is 332 g/mol. The Kier molecular flexibility index (Phi) is 4.59. The number of nitrogens with one attached hydrogen (secondary N) is 4. The Bertz CT molecular complexity index is 507. The second-order valence-corrected chi connectivity index (χ2v) is 6.73. The fraction of sp³-hybridized carbons (Fsp3) is 0.533. The van der Waals surface area contributed by atoms with Gasteiger partial charge in [-0.2, -0.15) is 0 Å². The van der Waals surface area contributed by atoms with Crippen LogP contribution in [0.4, 0.5) is 0 Å². The lowest BCUT2D eigenvalue weighted by Crippen LogP contribution is -2.49. The van der Waals surface area contributed by atoms with Crippen molar-refractivity contribution in [3.63, 3.8) is 0 Å². The minimum Gasteiger partial charge on any atom is -0.348 e. The summed E-state index contributed by atoms with van der Waals surface area (Å²) in [6.45, 7) is 3.91. The van der Waals surface area contributed by atoms with E-state index in [-0.39, 0.29) is 18.0 Å². The van der Waals surface area contributed by atoms with Gasteiger partial charge in [0.2, 0.25) is 5.91 Å². The highest BCUT2D eigenvalue weighted by Crippen LogP contribution is 2.21. The summed E-state index contributed by atoms with van der Waals surface area (Å²) in [7, 11) is 0. The minimum absolute atomic E-state index is 0.00278. The molecule has 4 N–H and O–H groups in total. The van der Waals surface area contributed by atoms with Crippen LogP contribution in [0.2, 0.25) is 0 Å². The highest BCUT2D eigenvalue weighted by molar-refractivity contribution is 9.10. The van der Waals surface area contributed by atoms with Gasteiger partial charge in [-0.3, -0.25) is 10.2 Å². The van der Waals surface area contributed by atoms with Gasteiger partial charge >= 0.3 is 0 Å². The standard InChI is InChI=1S/C15H21BrN4O/c1-9(10-2-4-11(16)5-3-10)18-15(21)14-12-8-17-7-6-13(12)19-20-14/h2-5,9,12-14,17,19-20H,6-8H2,1H3,(H,18,21). The number of amides is 1. The molecule has 2 aliphatic rings. The van der Waals surface area contributed by atoms with Crippen molar-refractivity contribution in [2.24, 2.45) is 5.92 Å². The summed E-state index contributed by atoms with van der Waals surface area (Å²) in [5, 5.41) is 6.47. The van der Waals surface area contributed by atoms with Crippen molar-refractivity contribution in [3.05, 3.63) is 34.3 Å². The van der Waals surface area contributed by atoms with Gasteiger partial charge < -0.3 is 10.6 Å². The first-order chi connectivity index (χ1) is 10.1. The van der Waals surface area contributed by atoms with E-state index in [1.165, 1.54) is 0 Å². The van der Waals surface area contributed by atoms with Crippen LogP contribution in [0.5, 0.6) is 0 Å². The van der Waals surface area contributed by atoms with Crippen LogP contribution in [0.15, 0.2) is 28.7 Å². The van der Waals surface area contributed by atoms with Crippen molar-refractivity contribution < 1.29 is 4.79 Å². The molecule has 1 aromatic carbocycles. The number of piperidine rings is 1. The first-order valence-electron chi connectivity index (χ1n) is 7.43. The molecule has 5 nitrogen and oxygen atoms in total. The van der Waals surface area contributed by atoms with Crippen LogP contribution in [0.1, 0.15) is 24.9 Å². The monoisotopic (exact) mass is 352 g/mol. The molecule has 2 aliphatic heterocycles. The molecule has 0 aliphatic carbocycles. The van der Waals surface area contributed by atoms with Crippen molar-refractivity contribution in [3.8, 4) is 0 Å². The zero-order chi connectivity index (χ0) is 14.8. The molecule has 4 unspecified atom stereocenters. The van der Waals surface area contributed by atoms with Crippen molar-refractivity contribution in [1.82, 2.24) is 21.5 Å². The van der Waals surface area contributed by atoms with Crippen molar-refractivity contribution in [1.29, 1.82) is 0 Å². The molecular formula is C15H21BrN4O. The maximum Gasteiger partial charge on any atom is 0.239 e. The molecule has 4 atom stereocenters. The van der Waals surface area contributed by atoms with E-state index in [1.807, 2.05) is 31.2 Å². The number of fused-ring (bicyclic) bond motifs is 1. The summed E-state index contributed by atoms with van der Waals surface area (Å²) in [4.78, 5) is 12.5. The third-order valence-corrected chi connectivity index (χ3v) is 4.92. The van der Waals surface area contributed by atoms with E-state index in [2.05, 4.69) is 37.4 Å². The Morgan fingerprint density at radius 3 is 2.86 bits per heavy atom. The number of hydrogen-bond donors (Lipinski definition) is 4. The molecule has 114 valence electrons. The van der Waals surface area contributed by atoms with E-state index in [4.69, 9.17) is 0 Å². The lowest BCUT2D eigenvalue weighted by molar-refractivity contribution is -0.124. The molecule has 6 heteroatoms. The molecule has 0 saturated carbocycles. The number of carbonyl (C=O) groups excluding carboxylic acids is 1. The highest BCUT2D eigenvalue weighted by Gasteiger charge is 2.41. The lowest BCUT2D eigenvalue weighted by atomic mass is 9.89. The van der Waals surface area contributed by atoms with E-state index >= 15 is 0 Å². The van der Waals surface area contributed by atoms with Gasteiger partial charge in [-0.1, -0.05) is 28.1 Å². The van der Waals surface area contributed by atoms with Gasteiger partial charge in [0, 0.05) is 23.0 Å². The molecule has 2 heterocycles. The lowest BCUT2D eigenvalue weighted by Gasteiger charge is -2.28. The summed E-state index contributed by atoms with van der Waals surface area (Å²) >= 11 is 3.42. The molecule has 3 rings (SSSR count). The van der Waals surface area contributed by atoms with Gasteiger partial charge in [0.05, 0.1) is 6.04 Å². The van der Waals surface area contributed by atoms with Crippen molar-refractivity contribution >= 4 is 21.8 Å². The predicted octanol–water partition coefficient (Wildman–Crippen LogP) is 1.08. The molecule has 0 spiro atoms. The summed E-state index contributed by atoms with van der Waals surface area (Å²) < 4.78 is 1.04. The Labute approximate surface area is 133 Å². The number of carbonyl (C=O) groups is 1. The number of hydrogen-bond acceptors (Lipinski definition) is 4. The first-order valence-corrected chi connectivity index (χ1v) is 8.22. The Balaban J connectivity index is 1.62. The van der Waals surface area contributed by atoms with Gasteiger partial charge in [0.1, 0.15) is 6.04 Å². The van der Waals surface area contributed by atoms with E-state index < -0.39 is 0 Å². The Hall–Kier alpha value is -0.950. The number of hydrazine groups is 1. The summed E-state index contributed by atoms with van der Waals surface area (Å²) in [6.07, 6.45) is 1.06. The molecule has 2 saturated heterocycles. The Morgan fingerprint density at radius 1 is 1.33 bits per heavy atom. The zero-order valence-corrected chi connectivity index (χ0v) is 13.6. The van der Waals surface area contributed by atoms with Crippen molar-refractivity contribution in [2.75, 3.05) is 13.1 Å². The molecule has 1 aromatic rings. The normalized spacial score (nSPS) is 29.7. The van der Waals surface area contributed by atoms with Crippen molar-refractivity contribution in [2.45, 2.75) is 31.5 Å². The van der Waals surface area contributed by atoms with Gasteiger partial charge in [-0.25, -0.2) is 5.43 Å². The first kappa shape index (κ1) is 15.0. The van der Waals surface area contributed by atoms with Crippen LogP contribution in [-0.2, 0) is 4.79 Å². The average molecular weight is 353 g/mol. The minimum atomic E-state index is -0.166. The van der Waals surface area contributed by atoms with E-state index in [0.29, 0.717) is 12.0 Å². The van der Waals surface area contributed by atoms with Crippen LogP contribution >= 0.6 is 15.9 Å². The molecule has 21 heavy (non-hydrogen) atoms. The highest BCUT2D eigenvalue weighted by atomic mass is 79.9. The fourth-order valence-electron chi connectivity index (χ4n) is 3.11. The smallest absolute Gasteiger partial charge is 0.239 e. The average Bonchev–Trinajstić information content (AvgIpc) is 2.92. The molecule has 1 amide bonds. The quantitative estimate of drug-likeness (QED) is 0.657. The van der Waals surface area contributed by atoms with E-state index in [1.54, 1.807) is 0 Å². The second-order valence-electron chi connectivity index (χ2n) is 5.81. The maximum absolute atomic E-state index is 12.5. The maximum atomic E-state index is 12.5. The molecule has 2 fully saturated rings.